The standard InChI is InChI=1S/C28H33N3O5S/c1-35-26-14-13-25(18-27(26)36-2)37(33,34)31(24-11-4-3-5-12-24)21-28(32)29-19-22-9-8-10-23(17-22)20-30-15-6-7-16-30/h3-5,8-14,17-18H,6-7,15-16,19-21H2,1-2H3,(H,29,32). The van der Waals surface area contributed by atoms with Crippen molar-refractivity contribution in [2.75, 3.05) is 38.2 Å². The van der Waals surface area contributed by atoms with Crippen molar-refractivity contribution in [2.45, 2.75) is 30.8 Å². The normalized spacial score (nSPS) is 13.8. The van der Waals surface area contributed by atoms with Crippen molar-refractivity contribution in [3.8, 4) is 11.5 Å². The summed E-state index contributed by atoms with van der Waals surface area (Å²) in [5.41, 5.74) is 2.56. The van der Waals surface area contributed by atoms with Crippen LogP contribution < -0.4 is 19.1 Å². The summed E-state index contributed by atoms with van der Waals surface area (Å²) < 4.78 is 39.0. The third-order valence-electron chi connectivity index (χ3n) is 6.36. The molecule has 1 aliphatic heterocycles. The molecule has 4 rings (SSSR count). The molecule has 8 nitrogen and oxygen atoms in total. The van der Waals surface area contributed by atoms with Crippen LogP contribution in [0, 0.1) is 0 Å². The molecular weight excluding hydrogens is 490 g/mol. The summed E-state index contributed by atoms with van der Waals surface area (Å²) in [4.78, 5) is 15.4. The van der Waals surface area contributed by atoms with Gasteiger partial charge in [0.25, 0.3) is 10.0 Å². The molecule has 37 heavy (non-hydrogen) atoms. The van der Waals surface area contributed by atoms with Crippen molar-refractivity contribution in [2.24, 2.45) is 0 Å². The molecule has 1 amide bonds. The lowest BCUT2D eigenvalue weighted by Crippen LogP contribution is -2.40. The van der Waals surface area contributed by atoms with Crippen LogP contribution in [0.15, 0.2) is 77.7 Å². The van der Waals surface area contributed by atoms with Crippen LogP contribution in [0.3, 0.4) is 0 Å². The molecule has 0 aromatic heterocycles. The molecule has 0 bridgehead atoms. The Kier molecular flexibility index (Phi) is 8.68. The van der Waals surface area contributed by atoms with E-state index in [1.165, 1.54) is 50.8 Å². The molecule has 3 aromatic rings. The lowest BCUT2D eigenvalue weighted by atomic mass is 10.1. The summed E-state index contributed by atoms with van der Waals surface area (Å²) >= 11 is 0. The number of ether oxygens (including phenoxy) is 2. The number of carbonyl (C=O) groups is 1. The minimum absolute atomic E-state index is 0.00332. The number of anilines is 1. The maximum atomic E-state index is 13.7. The molecule has 0 saturated carbocycles. The Bertz CT molecular complexity index is 1310. The molecule has 1 N–H and O–H groups in total. The second-order valence-corrected chi connectivity index (χ2v) is 10.8. The van der Waals surface area contributed by atoms with Gasteiger partial charge in [-0.2, -0.15) is 0 Å². The maximum absolute atomic E-state index is 13.7. The van der Waals surface area contributed by atoms with E-state index in [1.807, 2.05) is 12.1 Å². The Balaban J connectivity index is 1.50. The van der Waals surface area contributed by atoms with Crippen LogP contribution in [0.2, 0.25) is 0 Å². The van der Waals surface area contributed by atoms with E-state index in [2.05, 4.69) is 22.3 Å². The molecule has 1 aliphatic rings. The fourth-order valence-corrected chi connectivity index (χ4v) is 5.87. The van der Waals surface area contributed by atoms with Crippen molar-refractivity contribution >= 4 is 21.6 Å². The zero-order valence-corrected chi connectivity index (χ0v) is 22.0. The molecule has 9 heteroatoms. The third kappa shape index (κ3) is 6.61. The molecule has 0 unspecified atom stereocenters. The lowest BCUT2D eigenvalue weighted by Gasteiger charge is -2.24. The predicted molar refractivity (Wildman–Crippen MR) is 143 cm³/mol. The van der Waals surface area contributed by atoms with Gasteiger partial charge in [-0.25, -0.2) is 8.42 Å². The van der Waals surface area contributed by atoms with Crippen LogP contribution in [-0.4, -0.2) is 53.1 Å². The zero-order valence-electron chi connectivity index (χ0n) is 21.2. The van der Waals surface area contributed by atoms with Gasteiger partial charge in [0.05, 0.1) is 24.8 Å². The third-order valence-corrected chi connectivity index (χ3v) is 8.13. The zero-order chi connectivity index (χ0) is 26.3. The average Bonchev–Trinajstić information content (AvgIpc) is 3.43. The molecule has 1 saturated heterocycles. The van der Waals surface area contributed by atoms with Gasteiger partial charge in [0.2, 0.25) is 5.91 Å². The summed E-state index contributed by atoms with van der Waals surface area (Å²) in [6.07, 6.45) is 2.47. The van der Waals surface area contributed by atoms with Gasteiger partial charge in [-0.3, -0.25) is 14.0 Å². The van der Waals surface area contributed by atoms with Crippen molar-refractivity contribution in [3.63, 3.8) is 0 Å². The number of nitrogens with one attached hydrogen (secondary N) is 1. The number of para-hydroxylation sites is 1. The first-order valence-electron chi connectivity index (χ1n) is 12.3. The molecule has 1 heterocycles. The number of nitrogens with zero attached hydrogens (tertiary/aromatic N) is 2. The van der Waals surface area contributed by atoms with Gasteiger partial charge in [-0.1, -0.05) is 42.5 Å². The molecule has 0 aliphatic carbocycles. The molecular formula is C28H33N3O5S. The largest absolute Gasteiger partial charge is 0.493 e. The summed E-state index contributed by atoms with van der Waals surface area (Å²) in [7, 11) is -1.16. The minimum Gasteiger partial charge on any atom is -0.493 e. The minimum atomic E-state index is -4.08. The van der Waals surface area contributed by atoms with Gasteiger partial charge >= 0.3 is 0 Å². The van der Waals surface area contributed by atoms with E-state index in [0.29, 0.717) is 18.0 Å². The first-order valence-corrected chi connectivity index (χ1v) is 13.7. The Morgan fingerprint density at radius 2 is 1.59 bits per heavy atom. The molecule has 0 spiro atoms. The lowest BCUT2D eigenvalue weighted by molar-refractivity contribution is -0.119. The Morgan fingerprint density at radius 1 is 0.892 bits per heavy atom. The van der Waals surface area contributed by atoms with E-state index in [-0.39, 0.29) is 17.2 Å². The number of carbonyl (C=O) groups excluding carboxylic acids is 1. The monoisotopic (exact) mass is 523 g/mol. The predicted octanol–water partition coefficient (Wildman–Crippen LogP) is 3.81. The first-order chi connectivity index (χ1) is 17.9. The highest BCUT2D eigenvalue weighted by Crippen LogP contribution is 2.32. The second-order valence-electron chi connectivity index (χ2n) is 8.94. The summed E-state index contributed by atoms with van der Waals surface area (Å²) in [6.45, 7) is 3.07. The second kappa shape index (κ2) is 12.1. The molecule has 196 valence electrons. The van der Waals surface area contributed by atoms with Gasteiger partial charge in [0, 0.05) is 19.2 Å². The number of hydrogen-bond acceptors (Lipinski definition) is 6. The fourth-order valence-electron chi connectivity index (χ4n) is 4.44. The SMILES string of the molecule is COc1ccc(S(=O)(=O)N(CC(=O)NCc2cccc(CN3CCCC3)c2)c2ccccc2)cc1OC. The van der Waals surface area contributed by atoms with Crippen LogP contribution in [0.4, 0.5) is 5.69 Å². The maximum Gasteiger partial charge on any atom is 0.264 e. The van der Waals surface area contributed by atoms with Crippen LogP contribution in [0.1, 0.15) is 24.0 Å². The molecule has 0 atom stereocenters. The Labute approximate surface area is 218 Å². The highest BCUT2D eigenvalue weighted by molar-refractivity contribution is 7.92. The fraction of sp³-hybridized carbons (Fsp3) is 0.321. The van der Waals surface area contributed by atoms with E-state index in [4.69, 9.17) is 9.47 Å². The average molecular weight is 524 g/mol. The van der Waals surface area contributed by atoms with E-state index in [1.54, 1.807) is 30.3 Å². The number of hydrogen-bond donors (Lipinski definition) is 1. The number of amides is 1. The van der Waals surface area contributed by atoms with Gasteiger partial charge in [-0.05, 0) is 61.3 Å². The Morgan fingerprint density at radius 3 is 2.30 bits per heavy atom. The van der Waals surface area contributed by atoms with Gasteiger partial charge in [0.1, 0.15) is 6.54 Å². The summed E-state index contributed by atoms with van der Waals surface area (Å²) in [5, 5.41) is 2.88. The van der Waals surface area contributed by atoms with Crippen molar-refractivity contribution in [1.82, 2.24) is 10.2 Å². The van der Waals surface area contributed by atoms with E-state index < -0.39 is 15.9 Å². The van der Waals surface area contributed by atoms with Gasteiger partial charge in [-0.15, -0.1) is 0 Å². The number of methoxy groups -OCH3 is 2. The Hall–Kier alpha value is -3.56. The number of likely N-dealkylation sites (tertiary alicyclic amines) is 1. The quantitative estimate of drug-likeness (QED) is 0.411. The molecule has 0 radical (unpaired) electrons. The molecule has 1 fully saturated rings. The van der Waals surface area contributed by atoms with Crippen LogP contribution in [0.25, 0.3) is 0 Å². The van der Waals surface area contributed by atoms with Crippen molar-refractivity contribution < 1.29 is 22.7 Å². The van der Waals surface area contributed by atoms with Crippen LogP contribution in [0.5, 0.6) is 11.5 Å². The van der Waals surface area contributed by atoms with E-state index in [0.717, 1.165) is 29.5 Å². The summed E-state index contributed by atoms with van der Waals surface area (Å²) in [6, 6.07) is 21.1. The van der Waals surface area contributed by atoms with Crippen LogP contribution in [-0.2, 0) is 27.9 Å². The van der Waals surface area contributed by atoms with Crippen molar-refractivity contribution in [3.05, 3.63) is 83.9 Å². The smallest absolute Gasteiger partial charge is 0.264 e. The number of benzene rings is 3. The van der Waals surface area contributed by atoms with Gasteiger partial charge < -0.3 is 14.8 Å². The van der Waals surface area contributed by atoms with Gasteiger partial charge in [0.15, 0.2) is 11.5 Å². The highest BCUT2D eigenvalue weighted by atomic mass is 32.2. The first kappa shape index (κ1) is 26.5. The number of rotatable bonds is 11. The van der Waals surface area contributed by atoms with E-state index >= 15 is 0 Å². The highest BCUT2D eigenvalue weighted by Gasteiger charge is 2.28. The molecule has 3 aromatic carbocycles. The van der Waals surface area contributed by atoms with Crippen molar-refractivity contribution in [1.29, 1.82) is 0 Å². The summed E-state index contributed by atoms with van der Waals surface area (Å²) in [5.74, 6) is 0.296. The topological polar surface area (TPSA) is 88.2 Å². The number of sulfonamides is 1. The van der Waals surface area contributed by atoms with Crippen LogP contribution >= 0.6 is 0 Å². The van der Waals surface area contributed by atoms with E-state index in [9.17, 15) is 13.2 Å².